The SMILES string of the molecule is CCCSC(=O)c1cccc(Cc2ccc(C(=O)SCCC)cc2C(=O)OC)c1. The van der Waals surface area contributed by atoms with Crippen LogP contribution in [0.15, 0.2) is 42.5 Å². The minimum Gasteiger partial charge on any atom is -0.465 e. The molecule has 2 aromatic rings. The number of esters is 1. The van der Waals surface area contributed by atoms with Crippen molar-refractivity contribution in [2.75, 3.05) is 18.6 Å². The van der Waals surface area contributed by atoms with Gasteiger partial charge in [-0.2, -0.15) is 0 Å². The maximum absolute atomic E-state index is 12.3. The van der Waals surface area contributed by atoms with Gasteiger partial charge in [-0.25, -0.2) is 4.79 Å². The molecule has 0 unspecified atom stereocenters. The second kappa shape index (κ2) is 11.8. The van der Waals surface area contributed by atoms with E-state index in [4.69, 9.17) is 4.74 Å². The summed E-state index contributed by atoms with van der Waals surface area (Å²) >= 11 is 2.56. The molecule has 154 valence electrons. The van der Waals surface area contributed by atoms with Crippen LogP contribution in [-0.4, -0.2) is 34.8 Å². The number of methoxy groups -OCH3 is 1. The van der Waals surface area contributed by atoms with Gasteiger partial charge in [0, 0.05) is 22.6 Å². The average molecular weight is 431 g/mol. The number of rotatable bonds is 9. The summed E-state index contributed by atoms with van der Waals surface area (Å²) in [7, 11) is 1.33. The Bertz CT molecular complexity index is 877. The Hall–Kier alpha value is -2.05. The summed E-state index contributed by atoms with van der Waals surface area (Å²) in [6, 6.07) is 12.6. The maximum atomic E-state index is 12.3. The Labute approximate surface area is 180 Å². The lowest BCUT2D eigenvalue weighted by atomic mass is 9.97. The third-order valence-electron chi connectivity index (χ3n) is 4.18. The largest absolute Gasteiger partial charge is 0.465 e. The molecule has 2 aromatic carbocycles. The van der Waals surface area contributed by atoms with Gasteiger partial charge in [0.05, 0.1) is 12.7 Å². The minimum absolute atomic E-state index is 0.0517. The molecule has 0 atom stereocenters. The summed E-state index contributed by atoms with van der Waals surface area (Å²) in [5.41, 5.74) is 3.22. The number of carbonyl (C=O) groups excluding carboxylic acids is 3. The molecule has 0 aliphatic heterocycles. The van der Waals surface area contributed by atoms with Crippen LogP contribution < -0.4 is 0 Å². The Balaban J connectivity index is 2.29. The molecule has 6 heteroatoms. The fourth-order valence-corrected chi connectivity index (χ4v) is 4.11. The third-order valence-corrected chi connectivity index (χ3v) is 6.40. The smallest absolute Gasteiger partial charge is 0.338 e. The zero-order valence-corrected chi connectivity index (χ0v) is 18.7. The van der Waals surface area contributed by atoms with Crippen molar-refractivity contribution < 1.29 is 19.1 Å². The lowest BCUT2D eigenvalue weighted by Crippen LogP contribution is -2.09. The molecule has 0 radical (unpaired) electrons. The van der Waals surface area contributed by atoms with Crippen LogP contribution in [0.2, 0.25) is 0 Å². The second-order valence-corrected chi connectivity index (χ2v) is 8.65. The van der Waals surface area contributed by atoms with E-state index in [1.807, 2.05) is 38.1 Å². The van der Waals surface area contributed by atoms with Gasteiger partial charge in [0.15, 0.2) is 0 Å². The van der Waals surface area contributed by atoms with Gasteiger partial charge in [0.2, 0.25) is 10.2 Å². The summed E-state index contributed by atoms with van der Waals surface area (Å²) in [4.78, 5) is 36.9. The molecule has 0 aliphatic rings. The number of carbonyl (C=O) groups is 3. The molecule has 0 saturated carbocycles. The second-order valence-electron chi connectivity index (χ2n) is 6.51. The predicted octanol–water partition coefficient (Wildman–Crippen LogP) is 5.63. The van der Waals surface area contributed by atoms with Crippen LogP contribution in [0.3, 0.4) is 0 Å². The maximum Gasteiger partial charge on any atom is 0.338 e. The van der Waals surface area contributed by atoms with Gasteiger partial charge in [0.25, 0.3) is 0 Å². The van der Waals surface area contributed by atoms with E-state index in [-0.39, 0.29) is 10.2 Å². The summed E-state index contributed by atoms with van der Waals surface area (Å²) < 4.78 is 4.92. The molecule has 0 aliphatic carbocycles. The van der Waals surface area contributed by atoms with Gasteiger partial charge in [-0.05, 0) is 42.5 Å². The van der Waals surface area contributed by atoms with Gasteiger partial charge in [0.1, 0.15) is 0 Å². The van der Waals surface area contributed by atoms with E-state index >= 15 is 0 Å². The van der Waals surface area contributed by atoms with Crippen molar-refractivity contribution in [2.24, 2.45) is 0 Å². The van der Waals surface area contributed by atoms with Crippen molar-refractivity contribution >= 4 is 39.7 Å². The Morgan fingerprint density at radius 2 is 1.48 bits per heavy atom. The Morgan fingerprint density at radius 1 is 0.862 bits per heavy atom. The van der Waals surface area contributed by atoms with E-state index in [9.17, 15) is 14.4 Å². The Kier molecular flexibility index (Phi) is 9.48. The van der Waals surface area contributed by atoms with Crippen molar-refractivity contribution in [3.8, 4) is 0 Å². The summed E-state index contributed by atoms with van der Waals surface area (Å²) in [5, 5.41) is -0.000110. The number of thioether (sulfide) groups is 2. The third kappa shape index (κ3) is 6.75. The number of benzene rings is 2. The van der Waals surface area contributed by atoms with Crippen LogP contribution in [0, 0.1) is 0 Å². The molecule has 0 amide bonds. The fourth-order valence-electron chi connectivity index (χ4n) is 2.74. The lowest BCUT2D eigenvalue weighted by molar-refractivity contribution is 0.0599. The molecular formula is C23H26O4S2. The van der Waals surface area contributed by atoms with Crippen LogP contribution in [0.1, 0.15) is 68.9 Å². The Morgan fingerprint density at radius 3 is 2.07 bits per heavy atom. The molecular weight excluding hydrogens is 404 g/mol. The highest BCUT2D eigenvalue weighted by atomic mass is 32.2. The van der Waals surface area contributed by atoms with Gasteiger partial charge in [-0.3, -0.25) is 9.59 Å². The first kappa shape index (κ1) is 23.2. The van der Waals surface area contributed by atoms with Crippen molar-refractivity contribution in [1.29, 1.82) is 0 Å². The van der Waals surface area contributed by atoms with Crippen LogP contribution >= 0.6 is 23.5 Å². The van der Waals surface area contributed by atoms with Crippen molar-refractivity contribution in [1.82, 2.24) is 0 Å². The van der Waals surface area contributed by atoms with Gasteiger partial charge in [-0.15, -0.1) is 0 Å². The highest BCUT2D eigenvalue weighted by Crippen LogP contribution is 2.22. The monoisotopic (exact) mass is 430 g/mol. The fraction of sp³-hybridized carbons (Fsp3) is 0.348. The van der Waals surface area contributed by atoms with Crippen LogP contribution in [-0.2, 0) is 11.2 Å². The van der Waals surface area contributed by atoms with E-state index in [1.165, 1.54) is 30.6 Å². The van der Waals surface area contributed by atoms with Crippen LogP contribution in [0.5, 0.6) is 0 Å². The molecule has 0 aromatic heterocycles. The molecule has 0 heterocycles. The van der Waals surface area contributed by atoms with Crippen LogP contribution in [0.25, 0.3) is 0 Å². The van der Waals surface area contributed by atoms with Gasteiger partial charge in [-0.1, -0.05) is 67.7 Å². The predicted molar refractivity (Wildman–Crippen MR) is 121 cm³/mol. The quantitative estimate of drug-likeness (QED) is 0.481. The molecule has 29 heavy (non-hydrogen) atoms. The first-order chi connectivity index (χ1) is 14.0. The van der Waals surface area contributed by atoms with E-state index in [1.54, 1.807) is 18.2 Å². The van der Waals surface area contributed by atoms with Crippen molar-refractivity contribution in [3.63, 3.8) is 0 Å². The lowest BCUT2D eigenvalue weighted by Gasteiger charge is -2.11. The van der Waals surface area contributed by atoms with Gasteiger partial charge < -0.3 is 4.74 Å². The van der Waals surface area contributed by atoms with E-state index in [0.29, 0.717) is 23.1 Å². The molecule has 0 fully saturated rings. The molecule has 0 N–H and O–H groups in total. The zero-order valence-electron chi connectivity index (χ0n) is 17.0. The van der Waals surface area contributed by atoms with E-state index in [2.05, 4.69) is 0 Å². The zero-order chi connectivity index (χ0) is 21.2. The molecule has 0 spiro atoms. The van der Waals surface area contributed by atoms with Crippen molar-refractivity contribution in [2.45, 2.75) is 33.1 Å². The molecule has 0 saturated heterocycles. The van der Waals surface area contributed by atoms with Crippen molar-refractivity contribution in [3.05, 3.63) is 70.3 Å². The average Bonchev–Trinajstić information content (AvgIpc) is 2.75. The first-order valence-corrected chi connectivity index (χ1v) is 11.6. The standard InChI is InChI=1S/C23H26O4S2/c1-4-11-28-22(25)18-8-6-7-16(14-18)13-17-9-10-19(23(26)29-12-5-2)15-20(17)21(24)27-3/h6-10,14-15H,4-5,11-13H2,1-3H3. The molecule has 0 bridgehead atoms. The normalized spacial score (nSPS) is 10.6. The summed E-state index contributed by atoms with van der Waals surface area (Å²) in [5.74, 6) is 1.06. The molecule has 2 rings (SSSR count). The van der Waals surface area contributed by atoms with Gasteiger partial charge >= 0.3 is 5.97 Å². The minimum atomic E-state index is -0.471. The number of hydrogen-bond donors (Lipinski definition) is 0. The van der Waals surface area contributed by atoms with E-state index < -0.39 is 5.97 Å². The van der Waals surface area contributed by atoms with E-state index in [0.717, 1.165) is 35.5 Å². The number of ether oxygens (including phenoxy) is 1. The summed E-state index contributed by atoms with van der Waals surface area (Å²) in [6.07, 6.45) is 2.32. The first-order valence-electron chi connectivity index (χ1n) is 9.64. The molecule has 4 nitrogen and oxygen atoms in total. The topological polar surface area (TPSA) is 60.4 Å². The highest BCUT2D eigenvalue weighted by Gasteiger charge is 2.17. The number of hydrogen-bond acceptors (Lipinski definition) is 6. The highest BCUT2D eigenvalue weighted by molar-refractivity contribution is 8.14. The summed E-state index contributed by atoms with van der Waals surface area (Å²) in [6.45, 7) is 4.06. The van der Waals surface area contributed by atoms with Crippen LogP contribution in [0.4, 0.5) is 0 Å².